The van der Waals surface area contributed by atoms with Gasteiger partial charge in [0, 0.05) is 18.3 Å². The third-order valence-electron chi connectivity index (χ3n) is 3.90. The number of hydrogen-bond donors (Lipinski definition) is 0. The molecule has 0 N–H and O–H groups in total. The molecule has 6 heteroatoms. The van der Waals surface area contributed by atoms with Crippen molar-refractivity contribution in [3.8, 4) is 0 Å². The van der Waals surface area contributed by atoms with Gasteiger partial charge in [0.1, 0.15) is 5.60 Å². The number of ether oxygens (including phenoxy) is 1. The minimum absolute atomic E-state index is 0.183. The summed E-state index contributed by atoms with van der Waals surface area (Å²) in [6.45, 7) is 10.3. The van der Waals surface area contributed by atoms with Crippen molar-refractivity contribution in [2.75, 3.05) is 6.54 Å². The van der Waals surface area contributed by atoms with Crippen LogP contribution in [-0.4, -0.2) is 44.7 Å². The number of carbonyl (C=O) groups excluding carboxylic acids is 2. The van der Waals surface area contributed by atoms with Gasteiger partial charge in [-0.15, -0.1) is 0 Å². The molecular weight excluding hydrogens is 282 g/mol. The maximum Gasteiger partial charge on any atom is 0.410 e. The zero-order valence-electron chi connectivity index (χ0n) is 14.0. The average molecular weight is 307 g/mol. The maximum absolute atomic E-state index is 12.4. The number of aromatic nitrogens is 2. The largest absolute Gasteiger partial charge is 0.444 e. The molecule has 122 valence electrons. The fourth-order valence-electron chi connectivity index (χ4n) is 2.86. The fraction of sp³-hybridized carbons (Fsp3) is 0.688. The van der Waals surface area contributed by atoms with Gasteiger partial charge in [0.25, 0.3) is 0 Å². The van der Waals surface area contributed by atoms with Crippen LogP contribution in [0.15, 0.2) is 12.4 Å². The molecule has 22 heavy (non-hydrogen) atoms. The maximum atomic E-state index is 12.4. The second-order valence-corrected chi connectivity index (χ2v) is 7.46. The molecule has 1 aromatic heterocycles. The van der Waals surface area contributed by atoms with Crippen molar-refractivity contribution < 1.29 is 14.3 Å². The van der Waals surface area contributed by atoms with Crippen LogP contribution in [0.4, 0.5) is 4.79 Å². The SMILES string of the molecule is CC(C)(C)OC(=O)N1CCC(n2cc(C=O)cn2)CC1(C)C. The van der Waals surface area contributed by atoms with Gasteiger partial charge in [-0.3, -0.25) is 9.48 Å². The van der Waals surface area contributed by atoms with E-state index >= 15 is 0 Å². The average Bonchev–Trinajstić information content (AvgIpc) is 2.83. The molecule has 0 aliphatic carbocycles. The first-order valence-electron chi connectivity index (χ1n) is 7.62. The summed E-state index contributed by atoms with van der Waals surface area (Å²) in [6, 6.07) is 0.183. The Morgan fingerprint density at radius 2 is 2.14 bits per heavy atom. The Bertz CT molecular complexity index is 557. The highest BCUT2D eigenvalue weighted by molar-refractivity contribution is 5.73. The Balaban J connectivity index is 2.09. The summed E-state index contributed by atoms with van der Waals surface area (Å²) in [6.07, 6.45) is 5.42. The van der Waals surface area contributed by atoms with Crippen LogP contribution in [0.5, 0.6) is 0 Å². The van der Waals surface area contributed by atoms with Crippen LogP contribution in [-0.2, 0) is 4.74 Å². The molecule has 1 fully saturated rings. The molecule has 0 spiro atoms. The summed E-state index contributed by atoms with van der Waals surface area (Å²) in [5.41, 5.74) is -0.240. The molecule has 2 heterocycles. The first-order valence-corrected chi connectivity index (χ1v) is 7.62. The van der Waals surface area contributed by atoms with E-state index in [2.05, 4.69) is 5.10 Å². The molecule has 0 radical (unpaired) electrons. The lowest BCUT2D eigenvalue weighted by Gasteiger charge is -2.45. The van der Waals surface area contributed by atoms with E-state index in [0.717, 1.165) is 19.1 Å². The second-order valence-electron chi connectivity index (χ2n) is 7.46. The quantitative estimate of drug-likeness (QED) is 0.788. The van der Waals surface area contributed by atoms with Crippen molar-refractivity contribution in [3.05, 3.63) is 18.0 Å². The van der Waals surface area contributed by atoms with Crippen molar-refractivity contribution in [1.82, 2.24) is 14.7 Å². The molecule has 1 atom stereocenters. The fourth-order valence-corrected chi connectivity index (χ4v) is 2.86. The lowest BCUT2D eigenvalue weighted by molar-refractivity contribution is -0.0143. The van der Waals surface area contributed by atoms with Crippen molar-refractivity contribution in [3.63, 3.8) is 0 Å². The molecule has 0 saturated carbocycles. The number of nitrogens with zero attached hydrogens (tertiary/aromatic N) is 3. The number of carbonyl (C=O) groups is 2. The highest BCUT2D eigenvalue weighted by atomic mass is 16.6. The van der Waals surface area contributed by atoms with E-state index in [-0.39, 0.29) is 17.7 Å². The monoisotopic (exact) mass is 307 g/mol. The Hall–Kier alpha value is -1.85. The number of aldehydes is 1. The van der Waals surface area contributed by atoms with E-state index in [1.165, 1.54) is 0 Å². The van der Waals surface area contributed by atoms with Crippen molar-refractivity contribution >= 4 is 12.4 Å². The van der Waals surface area contributed by atoms with Gasteiger partial charge in [0.2, 0.25) is 0 Å². The van der Waals surface area contributed by atoms with E-state index in [9.17, 15) is 9.59 Å². The summed E-state index contributed by atoms with van der Waals surface area (Å²) >= 11 is 0. The number of likely N-dealkylation sites (tertiary alicyclic amines) is 1. The Kier molecular flexibility index (Phi) is 4.31. The molecule has 1 aliphatic heterocycles. The molecule has 0 aromatic carbocycles. The number of amides is 1. The van der Waals surface area contributed by atoms with Crippen LogP contribution in [0.25, 0.3) is 0 Å². The van der Waals surface area contributed by atoms with Crippen LogP contribution in [0, 0.1) is 0 Å². The van der Waals surface area contributed by atoms with Crippen LogP contribution in [0.1, 0.15) is 63.9 Å². The van der Waals surface area contributed by atoms with Gasteiger partial charge in [-0.1, -0.05) is 0 Å². The van der Waals surface area contributed by atoms with Gasteiger partial charge in [0.05, 0.1) is 17.8 Å². The highest BCUT2D eigenvalue weighted by Crippen LogP contribution is 2.35. The predicted molar refractivity (Wildman–Crippen MR) is 82.9 cm³/mol. The first kappa shape index (κ1) is 16.5. The van der Waals surface area contributed by atoms with E-state index in [0.29, 0.717) is 12.1 Å². The minimum atomic E-state index is -0.495. The lowest BCUT2D eigenvalue weighted by atomic mass is 9.87. The Morgan fingerprint density at radius 3 is 2.64 bits per heavy atom. The summed E-state index contributed by atoms with van der Waals surface area (Å²) in [7, 11) is 0. The normalized spacial score (nSPS) is 21.5. The first-order chi connectivity index (χ1) is 10.1. The third kappa shape index (κ3) is 3.67. The molecule has 1 saturated heterocycles. The zero-order valence-corrected chi connectivity index (χ0v) is 14.0. The molecule has 1 aliphatic rings. The minimum Gasteiger partial charge on any atom is -0.444 e. The van der Waals surface area contributed by atoms with Gasteiger partial charge in [-0.25, -0.2) is 4.79 Å². The second kappa shape index (κ2) is 5.74. The van der Waals surface area contributed by atoms with Gasteiger partial charge < -0.3 is 9.64 Å². The smallest absolute Gasteiger partial charge is 0.410 e. The van der Waals surface area contributed by atoms with Gasteiger partial charge in [-0.2, -0.15) is 5.10 Å². The van der Waals surface area contributed by atoms with Crippen molar-refractivity contribution in [2.24, 2.45) is 0 Å². The molecular formula is C16H25N3O3. The Labute approximate surface area is 131 Å². The zero-order chi connectivity index (χ0) is 16.5. The van der Waals surface area contributed by atoms with Crippen molar-refractivity contribution in [2.45, 2.75) is 64.6 Å². The van der Waals surface area contributed by atoms with Crippen LogP contribution >= 0.6 is 0 Å². The summed E-state index contributed by atoms with van der Waals surface area (Å²) < 4.78 is 7.32. The van der Waals surface area contributed by atoms with E-state index in [1.54, 1.807) is 17.3 Å². The standard InChI is InChI=1S/C16H25N3O3/c1-15(2,3)22-14(21)18-7-6-13(8-16(18,4)5)19-10-12(11-20)9-17-19/h9-11,13H,6-8H2,1-5H3. The molecule has 2 rings (SSSR count). The number of hydrogen-bond acceptors (Lipinski definition) is 4. The topological polar surface area (TPSA) is 64.4 Å². The van der Waals surface area contributed by atoms with E-state index < -0.39 is 5.60 Å². The summed E-state index contributed by atoms with van der Waals surface area (Å²) in [4.78, 5) is 24.9. The van der Waals surface area contributed by atoms with E-state index in [1.807, 2.05) is 39.3 Å². The van der Waals surface area contributed by atoms with Crippen LogP contribution in [0.3, 0.4) is 0 Å². The van der Waals surface area contributed by atoms with Gasteiger partial charge in [0.15, 0.2) is 6.29 Å². The highest BCUT2D eigenvalue weighted by Gasteiger charge is 2.40. The molecule has 1 aromatic rings. The number of piperidine rings is 1. The molecule has 1 unspecified atom stereocenters. The number of rotatable bonds is 2. The summed E-state index contributed by atoms with van der Waals surface area (Å²) in [5, 5.41) is 4.26. The van der Waals surface area contributed by atoms with Crippen LogP contribution < -0.4 is 0 Å². The van der Waals surface area contributed by atoms with Crippen molar-refractivity contribution in [1.29, 1.82) is 0 Å². The third-order valence-corrected chi connectivity index (χ3v) is 3.90. The van der Waals surface area contributed by atoms with E-state index in [4.69, 9.17) is 4.74 Å². The summed E-state index contributed by atoms with van der Waals surface area (Å²) in [5.74, 6) is 0. The van der Waals surface area contributed by atoms with Gasteiger partial charge >= 0.3 is 6.09 Å². The Morgan fingerprint density at radius 1 is 1.45 bits per heavy atom. The molecule has 6 nitrogen and oxygen atoms in total. The predicted octanol–water partition coefficient (Wildman–Crippen LogP) is 3.05. The lowest BCUT2D eigenvalue weighted by Crippen LogP contribution is -2.54. The molecule has 1 amide bonds. The van der Waals surface area contributed by atoms with Gasteiger partial charge in [-0.05, 0) is 47.5 Å². The molecule has 0 bridgehead atoms. The van der Waals surface area contributed by atoms with Crippen LogP contribution in [0.2, 0.25) is 0 Å².